The van der Waals surface area contributed by atoms with Crippen LogP contribution >= 0.6 is 11.8 Å². The van der Waals surface area contributed by atoms with Gasteiger partial charge in [0, 0.05) is 49.2 Å². The Hall–Kier alpha value is -2.72. The molecule has 0 radical (unpaired) electrons. The van der Waals surface area contributed by atoms with E-state index in [0.717, 1.165) is 42.8 Å². The second kappa shape index (κ2) is 13.3. The summed E-state index contributed by atoms with van der Waals surface area (Å²) in [6.45, 7) is 3.65. The van der Waals surface area contributed by atoms with Crippen molar-refractivity contribution in [2.75, 3.05) is 52.5 Å². The second-order valence-electron chi connectivity index (χ2n) is 11.8. The van der Waals surface area contributed by atoms with Gasteiger partial charge < -0.3 is 28.7 Å². The Morgan fingerprint density at radius 1 is 1.07 bits per heavy atom. The first kappa shape index (κ1) is 30.7. The molecule has 0 aromatic heterocycles. The average Bonchev–Trinajstić information content (AvgIpc) is 3.56. The summed E-state index contributed by atoms with van der Waals surface area (Å²) in [5, 5.41) is 0. The van der Waals surface area contributed by atoms with Gasteiger partial charge in [0.05, 0.1) is 33.5 Å². The molecule has 230 valence electrons. The van der Waals surface area contributed by atoms with Gasteiger partial charge in [-0.25, -0.2) is 0 Å². The van der Waals surface area contributed by atoms with E-state index in [2.05, 4.69) is 0 Å². The van der Waals surface area contributed by atoms with Gasteiger partial charge in [-0.1, -0.05) is 18.9 Å². The van der Waals surface area contributed by atoms with Crippen LogP contribution in [0.4, 0.5) is 0 Å². The smallest absolute Gasteiger partial charge is 0.320 e. The highest BCUT2D eigenvalue weighted by Gasteiger charge is 2.60. The Kier molecular flexibility index (Phi) is 9.72. The number of carbonyl (C=O) groups is 3. The van der Waals surface area contributed by atoms with Crippen molar-refractivity contribution in [2.45, 2.75) is 64.1 Å². The van der Waals surface area contributed by atoms with Crippen molar-refractivity contribution in [3.63, 3.8) is 0 Å². The van der Waals surface area contributed by atoms with Gasteiger partial charge in [-0.3, -0.25) is 14.4 Å². The second-order valence-corrected chi connectivity index (χ2v) is 13.1. The maximum atomic E-state index is 14.3. The largest absolute Gasteiger partial charge is 0.493 e. The number of methoxy groups -OCH3 is 3. The molecule has 10 heteroatoms. The van der Waals surface area contributed by atoms with E-state index in [4.69, 9.17) is 18.9 Å². The zero-order valence-corrected chi connectivity index (χ0v) is 26.1. The molecule has 4 atom stereocenters. The first-order valence-corrected chi connectivity index (χ1v) is 16.3. The molecule has 2 saturated heterocycles. The van der Waals surface area contributed by atoms with Crippen LogP contribution in [0.2, 0.25) is 0 Å². The summed E-state index contributed by atoms with van der Waals surface area (Å²) in [5.74, 6) is 2.19. The first-order valence-electron chi connectivity index (χ1n) is 15.2. The molecule has 0 N–H and O–H groups in total. The molecule has 1 saturated carbocycles. The number of ether oxygens (including phenoxy) is 4. The topological polar surface area (TPSA) is 94.6 Å². The number of fused-ring (bicyclic) bond motifs is 1. The van der Waals surface area contributed by atoms with Crippen LogP contribution in [0.25, 0.3) is 0 Å². The molecule has 1 aromatic rings. The lowest BCUT2D eigenvalue weighted by Gasteiger charge is -2.52. The molecule has 0 unspecified atom stereocenters. The highest BCUT2D eigenvalue weighted by molar-refractivity contribution is 7.99. The minimum absolute atomic E-state index is 0.0332. The summed E-state index contributed by atoms with van der Waals surface area (Å²) in [6.07, 6.45) is 6.61. The van der Waals surface area contributed by atoms with Crippen molar-refractivity contribution in [3.8, 4) is 11.5 Å². The number of carbonyl (C=O) groups excluding carboxylic acids is 3. The number of benzene rings is 1. The van der Waals surface area contributed by atoms with Gasteiger partial charge in [0.1, 0.15) is 5.41 Å². The summed E-state index contributed by atoms with van der Waals surface area (Å²) in [4.78, 5) is 45.1. The highest BCUT2D eigenvalue weighted by Crippen LogP contribution is 2.52. The highest BCUT2D eigenvalue weighted by atomic mass is 32.2. The van der Waals surface area contributed by atoms with Crippen molar-refractivity contribution in [1.29, 1.82) is 0 Å². The molecule has 9 nitrogen and oxygen atoms in total. The lowest BCUT2D eigenvalue weighted by Crippen LogP contribution is -2.61. The van der Waals surface area contributed by atoms with E-state index in [1.165, 1.54) is 7.11 Å². The lowest BCUT2D eigenvalue weighted by molar-refractivity contribution is -0.178. The monoisotopic (exact) mass is 600 g/mol. The quantitative estimate of drug-likeness (QED) is 0.392. The predicted molar refractivity (Wildman–Crippen MR) is 160 cm³/mol. The van der Waals surface area contributed by atoms with Gasteiger partial charge >= 0.3 is 5.97 Å². The van der Waals surface area contributed by atoms with E-state index in [0.29, 0.717) is 49.2 Å². The molecule has 5 rings (SSSR count). The van der Waals surface area contributed by atoms with Gasteiger partial charge in [0.25, 0.3) is 0 Å². The van der Waals surface area contributed by atoms with Crippen molar-refractivity contribution < 1.29 is 33.3 Å². The minimum atomic E-state index is -1.17. The van der Waals surface area contributed by atoms with E-state index in [1.54, 1.807) is 19.1 Å². The number of amides is 2. The average molecular weight is 601 g/mol. The van der Waals surface area contributed by atoms with Gasteiger partial charge in [-0.15, -0.1) is 0 Å². The van der Waals surface area contributed by atoms with Crippen LogP contribution in [0.3, 0.4) is 0 Å². The summed E-state index contributed by atoms with van der Waals surface area (Å²) >= 11 is 1.83. The lowest BCUT2D eigenvalue weighted by atomic mass is 9.66. The van der Waals surface area contributed by atoms with Crippen molar-refractivity contribution in [3.05, 3.63) is 35.5 Å². The van der Waals surface area contributed by atoms with E-state index < -0.39 is 23.4 Å². The molecule has 0 bridgehead atoms. The van der Waals surface area contributed by atoms with Gasteiger partial charge in [-0.2, -0.15) is 11.8 Å². The third kappa shape index (κ3) is 5.89. The number of hydrogen-bond donors (Lipinski definition) is 0. The van der Waals surface area contributed by atoms with E-state index >= 15 is 0 Å². The van der Waals surface area contributed by atoms with Gasteiger partial charge in [-0.05, 0) is 62.3 Å². The van der Waals surface area contributed by atoms with Crippen molar-refractivity contribution in [1.82, 2.24) is 9.80 Å². The molecule has 1 aromatic carbocycles. The Morgan fingerprint density at radius 2 is 1.79 bits per heavy atom. The van der Waals surface area contributed by atoms with Crippen LogP contribution in [0.5, 0.6) is 11.5 Å². The fourth-order valence-electron chi connectivity index (χ4n) is 7.21. The molecule has 3 fully saturated rings. The molecule has 1 aliphatic carbocycles. The Labute approximate surface area is 253 Å². The number of thioether (sulfide) groups is 1. The fourth-order valence-corrected chi connectivity index (χ4v) is 8.11. The Bertz CT molecular complexity index is 1190. The Balaban J connectivity index is 1.50. The maximum Gasteiger partial charge on any atom is 0.320 e. The summed E-state index contributed by atoms with van der Waals surface area (Å²) in [5.41, 5.74) is 0.479. The maximum absolute atomic E-state index is 14.3. The van der Waals surface area contributed by atoms with Gasteiger partial charge in [0.2, 0.25) is 11.8 Å². The standard InChI is InChI=1S/C32H44N2O7S/c1-21-32(31(37)40-4)20-24(18-29(35)33-13-15-42-16-14-33)30(36)34(28(32)19-26(41-21)23-7-5-6-8-23)12-11-22-9-10-25(38-2)27(17-22)39-3/h9-10,17,19,21,23-24,26H,5-8,11-16,18,20H2,1-4H3/t21-,24+,26-,32+/m1/s1. The van der Waals surface area contributed by atoms with Crippen molar-refractivity contribution in [2.24, 2.45) is 17.3 Å². The number of esters is 1. The zero-order chi connectivity index (χ0) is 29.9. The predicted octanol–water partition coefficient (Wildman–Crippen LogP) is 4.08. The number of rotatable bonds is 9. The molecule has 0 spiro atoms. The van der Waals surface area contributed by atoms with Crippen LogP contribution in [0, 0.1) is 17.3 Å². The molecule has 4 aliphatic rings. The summed E-state index contributed by atoms with van der Waals surface area (Å²) in [7, 11) is 4.58. The minimum Gasteiger partial charge on any atom is -0.493 e. The van der Waals surface area contributed by atoms with Gasteiger partial charge in [0.15, 0.2) is 11.5 Å². The normalized spacial score (nSPS) is 28.2. The fraction of sp³-hybridized carbons (Fsp3) is 0.656. The molecule has 42 heavy (non-hydrogen) atoms. The SMILES string of the molecule is COC(=O)[C@]12C[C@H](CC(=O)N3CCSCC3)C(=O)N(CCc3ccc(OC)c(OC)c3)C1=C[C@H](C1CCCC1)O[C@@H]2C. The summed E-state index contributed by atoms with van der Waals surface area (Å²) in [6, 6.07) is 5.73. The third-order valence-electron chi connectivity index (χ3n) is 9.58. The molecular weight excluding hydrogens is 556 g/mol. The van der Waals surface area contributed by atoms with Crippen LogP contribution in [-0.4, -0.2) is 92.3 Å². The first-order chi connectivity index (χ1) is 20.3. The van der Waals surface area contributed by atoms with Crippen LogP contribution in [-0.2, 0) is 30.3 Å². The van der Waals surface area contributed by atoms with Crippen molar-refractivity contribution >= 4 is 29.5 Å². The van der Waals surface area contributed by atoms with Crippen LogP contribution in [0.15, 0.2) is 30.0 Å². The zero-order valence-electron chi connectivity index (χ0n) is 25.3. The van der Waals surface area contributed by atoms with E-state index in [1.807, 2.05) is 47.9 Å². The van der Waals surface area contributed by atoms with E-state index in [-0.39, 0.29) is 30.8 Å². The molecule has 3 heterocycles. The molecular formula is C32H44N2O7S. The van der Waals surface area contributed by atoms with Crippen LogP contribution in [0.1, 0.15) is 51.0 Å². The molecule has 2 amide bonds. The number of nitrogens with zero attached hydrogens (tertiary/aromatic N) is 2. The number of hydrogen-bond acceptors (Lipinski definition) is 8. The Morgan fingerprint density at radius 3 is 2.45 bits per heavy atom. The summed E-state index contributed by atoms with van der Waals surface area (Å²) < 4.78 is 22.9. The van der Waals surface area contributed by atoms with E-state index in [9.17, 15) is 14.4 Å². The molecule has 3 aliphatic heterocycles. The number of likely N-dealkylation sites (tertiary alicyclic amines) is 1. The van der Waals surface area contributed by atoms with Crippen LogP contribution < -0.4 is 9.47 Å². The number of piperidine rings is 1. The third-order valence-corrected chi connectivity index (χ3v) is 10.5.